The van der Waals surface area contributed by atoms with Gasteiger partial charge in [-0.05, 0) is 6.92 Å². The number of aryl methyl sites for hydroxylation is 3. The van der Waals surface area contributed by atoms with Crippen molar-refractivity contribution in [1.82, 2.24) is 24.3 Å². The van der Waals surface area contributed by atoms with E-state index in [-0.39, 0.29) is 11.4 Å². The second-order valence-corrected chi connectivity index (χ2v) is 5.83. The number of nitrogens with one attached hydrogen (secondary N) is 1. The van der Waals surface area contributed by atoms with Crippen LogP contribution in [-0.2, 0) is 30.7 Å². The van der Waals surface area contributed by atoms with Crippen LogP contribution >= 0.6 is 0 Å². The molecular formula is C10H15N5O2S. The Hall–Kier alpha value is -1.67. The predicted octanol–water partition coefficient (Wildman–Crippen LogP) is -0.0595. The monoisotopic (exact) mass is 269 g/mol. The predicted molar refractivity (Wildman–Crippen MR) is 65.2 cm³/mol. The molecular weight excluding hydrogens is 254 g/mol. The maximum absolute atomic E-state index is 12.1. The average Bonchev–Trinajstić information content (AvgIpc) is 2.82. The molecule has 98 valence electrons. The summed E-state index contributed by atoms with van der Waals surface area (Å²) in [5, 5.41) is 7.99. The number of nitrogens with zero attached hydrogens (tertiary/aromatic N) is 4. The van der Waals surface area contributed by atoms with Gasteiger partial charge in [0.2, 0.25) is 10.0 Å². The molecule has 0 bridgehead atoms. The summed E-state index contributed by atoms with van der Waals surface area (Å²) >= 11 is 0. The van der Waals surface area contributed by atoms with Crippen LogP contribution < -0.4 is 4.72 Å². The van der Waals surface area contributed by atoms with Crippen LogP contribution in [0.1, 0.15) is 11.3 Å². The minimum atomic E-state index is -3.53. The quantitative estimate of drug-likeness (QED) is 0.843. The maximum Gasteiger partial charge on any atom is 0.244 e. The first-order valence-electron chi connectivity index (χ1n) is 5.36. The summed E-state index contributed by atoms with van der Waals surface area (Å²) in [5.74, 6) is 0. The Bertz CT molecular complexity index is 656. The largest absolute Gasteiger partial charge is 0.275 e. The lowest BCUT2D eigenvalue weighted by atomic mass is 10.4. The van der Waals surface area contributed by atoms with Crippen molar-refractivity contribution < 1.29 is 8.42 Å². The van der Waals surface area contributed by atoms with Gasteiger partial charge in [0.15, 0.2) is 0 Å². The molecule has 0 radical (unpaired) electrons. The van der Waals surface area contributed by atoms with E-state index in [1.807, 2.05) is 0 Å². The zero-order valence-electron chi connectivity index (χ0n) is 10.5. The van der Waals surface area contributed by atoms with Gasteiger partial charge in [0.25, 0.3) is 0 Å². The molecule has 0 amide bonds. The second-order valence-electron chi connectivity index (χ2n) is 4.10. The van der Waals surface area contributed by atoms with E-state index in [1.54, 1.807) is 38.1 Å². The fourth-order valence-corrected chi connectivity index (χ4v) is 2.89. The Labute approximate surface area is 105 Å². The van der Waals surface area contributed by atoms with Crippen LogP contribution in [0.2, 0.25) is 0 Å². The lowest BCUT2D eigenvalue weighted by Crippen LogP contribution is -2.23. The first-order chi connectivity index (χ1) is 8.38. The van der Waals surface area contributed by atoms with Gasteiger partial charge in [0.1, 0.15) is 4.90 Å². The average molecular weight is 269 g/mol. The summed E-state index contributed by atoms with van der Waals surface area (Å²) in [4.78, 5) is 0.203. The first-order valence-corrected chi connectivity index (χ1v) is 6.84. The van der Waals surface area contributed by atoms with Gasteiger partial charge in [-0.15, -0.1) is 0 Å². The number of rotatable bonds is 4. The Morgan fingerprint density at radius 1 is 1.28 bits per heavy atom. The Morgan fingerprint density at radius 2 is 2.00 bits per heavy atom. The molecule has 0 fully saturated rings. The van der Waals surface area contributed by atoms with Gasteiger partial charge in [0, 0.05) is 38.6 Å². The van der Waals surface area contributed by atoms with E-state index < -0.39 is 10.0 Å². The first kappa shape index (κ1) is 12.8. The Morgan fingerprint density at radius 3 is 2.50 bits per heavy atom. The number of hydrogen-bond donors (Lipinski definition) is 1. The number of sulfonamides is 1. The van der Waals surface area contributed by atoms with Gasteiger partial charge >= 0.3 is 0 Å². The van der Waals surface area contributed by atoms with E-state index >= 15 is 0 Å². The van der Waals surface area contributed by atoms with Crippen molar-refractivity contribution >= 4 is 10.0 Å². The fourth-order valence-electron chi connectivity index (χ4n) is 1.66. The summed E-state index contributed by atoms with van der Waals surface area (Å²) in [6.07, 6.45) is 4.87. The van der Waals surface area contributed by atoms with E-state index in [2.05, 4.69) is 14.9 Å². The van der Waals surface area contributed by atoms with Gasteiger partial charge in [-0.25, -0.2) is 13.1 Å². The van der Waals surface area contributed by atoms with Gasteiger partial charge in [-0.1, -0.05) is 0 Å². The van der Waals surface area contributed by atoms with Crippen LogP contribution in [0.3, 0.4) is 0 Å². The standard InChI is InChI=1S/C10H15N5O2S/c1-8-10(7-15(3)13-8)18(16,17)12-5-9-4-11-14(2)6-9/h4,6-7,12H,5H2,1-3H3. The summed E-state index contributed by atoms with van der Waals surface area (Å²) in [5.41, 5.74) is 1.29. The lowest BCUT2D eigenvalue weighted by Gasteiger charge is -2.03. The second kappa shape index (κ2) is 4.54. The SMILES string of the molecule is Cc1nn(C)cc1S(=O)(=O)NCc1cnn(C)c1. The van der Waals surface area contributed by atoms with Gasteiger partial charge in [-0.2, -0.15) is 10.2 Å². The molecule has 8 heteroatoms. The zero-order chi connectivity index (χ0) is 13.3. The molecule has 0 aliphatic heterocycles. The van der Waals surface area contributed by atoms with Crippen molar-refractivity contribution in [3.8, 4) is 0 Å². The minimum Gasteiger partial charge on any atom is -0.275 e. The highest BCUT2D eigenvalue weighted by atomic mass is 32.2. The summed E-state index contributed by atoms with van der Waals surface area (Å²) in [7, 11) is -0.0608. The maximum atomic E-state index is 12.1. The van der Waals surface area contributed by atoms with Crippen molar-refractivity contribution in [2.75, 3.05) is 0 Å². The molecule has 2 rings (SSSR count). The van der Waals surface area contributed by atoms with Crippen molar-refractivity contribution in [2.45, 2.75) is 18.4 Å². The molecule has 7 nitrogen and oxygen atoms in total. The van der Waals surface area contributed by atoms with Crippen molar-refractivity contribution in [1.29, 1.82) is 0 Å². The molecule has 0 aliphatic rings. The molecule has 0 unspecified atom stereocenters. The topological polar surface area (TPSA) is 81.8 Å². The van der Waals surface area contributed by atoms with Crippen LogP contribution in [0.4, 0.5) is 0 Å². The molecule has 0 atom stereocenters. The Kier molecular flexibility index (Phi) is 3.22. The molecule has 0 aliphatic carbocycles. The third-order valence-electron chi connectivity index (χ3n) is 2.48. The van der Waals surface area contributed by atoms with E-state index in [4.69, 9.17) is 0 Å². The normalized spacial score (nSPS) is 11.9. The van der Waals surface area contributed by atoms with E-state index in [0.29, 0.717) is 5.69 Å². The number of hydrogen-bond acceptors (Lipinski definition) is 4. The highest BCUT2D eigenvalue weighted by molar-refractivity contribution is 7.89. The summed E-state index contributed by atoms with van der Waals surface area (Å²) in [6.45, 7) is 1.88. The molecule has 2 aromatic heterocycles. The third-order valence-corrected chi connectivity index (χ3v) is 3.99. The van der Waals surface area contributed by atoms with Crippen LogP contribution in [0.25, 0.3) is 0 Å². The van der Waals surface area contributed by atoms with Crippen molar-refractivity contribution in [3.63, 3.8) is 0 Å². The van der Waals surface area contributed by atoms with Gasteiger partial charge < -0.3 is 0 Å². The van der Waals surface area contributed by atoms with Crippen molar-refractivity contribution in [2.24, 2.45) is 14.1 Å². The summed E-state index contributed by atoms with van der Waals surface area (Å²) < 4.78 is 29.7. The molecule has 0 spiro atoms. The smallest absolute Gasteiger partial charge is 0.244 e. The molecule has 0 saturated heterocycles. The van der Waals surface area contributed by atoms with E-state index in [9.17, 15) is 8.42 Å². The molecule has 0 saturated carbocycles. The molecule has 1 N–H and O–H groups in total. The highest BCUT2D eigenvalue weighted by Gasteiger charge is 2.19. The molecule has 2 aromatic rings. The fraction of sp³-hybridized carbons (Fsp3) is 0.400. The summed E-state index contributed by atoms with van der Waals surface area (Å²) in [6, 6.07) is 0. The van der Waals surface area contributed by atoms with Crippen molar-refractivity contribution in [3.05, 3.63) is 29.8 Å². The number of aromatic nitrogens is 4. The molecule has 2 heterocycles. The molecule has 0 aromatic carbocycles. The van der Waals surface area contributed by atoms with Crippen LogP contribution in [-0.4, -0.2) is 28.0 Å². The zero-order valence-corrected chi connectivity index (χ0v) is 11.3. The van der Waals surface area contributed by atoms with Crippen LogP contribution in [0, 0.1) is 6.92 Å². The Balaban J connectivity index is 2.15. The highest BCUT2D eigenvalue weighted by Crippen LogP contribution is 2.12. The molecule has 18 heavy (non-hydrogen) atoms. The van der Waals surface area contributed by atoms with E-state index in [0.717, 1.165) is 5.56 Å². The minimum absolute atomic E-state index is 0.203. The van der Waals surface area contributed by atoms with Gasteiger partial charge in [-0.3, -0.25) is 9.36 Å². The lowest BCUT2D eigenvalue weighted by molar-refractivity contribution is 0.580. The third kappa shape index (κ3) is 2.59. The van der Waals surface area contributed by atoms with Crippen LogP contribution in [0.15, 0.2) is 23.5 Å². The van der Waals surface area contributed by atoms with Gasteiger partial charge in [0.05, 0.1) is 11.9 Å². The van der Waals surface area contributed by atoms with E-state index in [1.165, 1.54) is 10.9 Å². The van der Waals surface area contributed by atoms with Crippen LogP contribution in [0.5, 0.6) is 0 Å².